The van der Waals surface area contributed by atoms with Crippen molar-refractivity contribution < 1.29 is 0 Å². The van der Waals surface area contributed by atoms with E-state index in [1.807, 2.05) is 0 Å². The Bertz CT molecular complexity index is 321. The van der Waals surface area contributed by atoms with Crippen LogP contribution in [0.5, 0.6) is 0 Å². The van der Waals surface area contributed by atoms with Gasteiger partial charge in [0.15, 0.2) is 0 Å². The van der Waals surface area contributed by atoms with Crippen LogP contribution in [0.2, 0.25) is 0 Å². The van der Waals surface area contributed by atoms with Crippen LogP contribution in [0, 0.1) is 0 Å². The van der Waals surface area contributed by atoms with Crippen LogP contribution in [0.15, 0.2) is 30.3 Å². The summed E-state index contributed by atoms with van der Waals surface area (Å²) >= 11 is 0. The normalized spacial score (nSPS) is 26.9. The fourth-order valence-electron chi connectivity index (χ4n) is 2.61. The van der Waals surface area contributed by atoms with E-state index in [9.17, 15) is 0 Å². The highest BCUT2D eigenvalue weighted by Crippen LogP contribution is 2.29. The second-order valence-electron chi connectivity index (χ2n) is 4.80. The molecule has 0 amide bonds. The van der Waals surface area contributed by atoms with Crippen molar-refractivity contribution in [3.63, 3.8) is 0 Å². The van der Waals surface area contributed by atoms with Crippen molar-refractivity contribution in [1.82, 2.24) is 10.2 Å². The third-order valence-electron chi connectivity index (χ3n) is 3.61. The molecule has 1 aliphatic heterocycles. The lowest BCUT2D eigenvalue weighted by molar-refractivity contribution is 0.0732. The van der Waals surface area contributed by atoms with Crippen LogP contribution in [0.4, 0.5) is 0 Å². The molecular formula is C14H22N2. The number of piperazine rings is 1. The van der Waals surface area contributed by atoms with Gasteiger partial charge in [-0.1, -0.05) is 37.3 Å². The zero-order chi connectivity index (χ0) is 11.4. The minimum absolute atomic E-state index is 0.162. The SMILES string of the molecule is CCCN1CCNCC1(C)c1ccccc1. The molecule has 1 fully saturated rings. The Morgan fingerprint density at radius 1 is 1.31 bits per heavy atom. The molecule has 1 atom stereocenters. The van der Waals surface area contributed by atoms with Gasteiger partial charge in [-0.2, -0.15) is 0 Å². The maximum atomic E-state index is 3.52. The lowest BCUT2D eigenvalue weighted by Gasteiger charge is -2.45. The third-order valence-corrected chi connectivity index (χ3v) is 3.61. The number of benzene rings is 1. The zero-order valence-electron chi connectivity index (χ0n) is 10.4. The van der Waals surface area contributed by atoms with Crippen LogP contribution < -0.4 is 5.32 Å². The lowest BCUT2D eigenvalue weighted by Crippen LogP contribution is -2.57. The summed E-state index contributed by atoms with van der Waals surface area (Å²) in [6, 6.07) is 10.9. The van der Waals surface area contributed by atoms with Crippen LogP contribution in [-0.4, -0.2) is 31.1 Å². The maximum absolute atomic E-state index is 3.52. The van der Waals surface area contributed by atoms with Gasteiger partial charge in [-0.25, -0.2) is 0 Å². The van der Waals surface area contributed by atoms with Gasteiger partial charge in [0.25, 0.3) is 0 Å². The monoisotopic (exact) mass is 218 g/mol. The maximum Gasteiger partial charge on any atom is 0.0557 e. The molecule has 1 aliphatic rings. The molecule has 1 N–H and O–H groups in total. The Morgan fingerprint density at radius 2 is 2.06 bits per heavy atom. The molecule has 1 saturated heterocycles. The van der Waals surface area contributed by atoms with Gasteiger partial charge < -0.3 is 5.32 Å². The van der Waals surface area contributed by atoms with Crippen LogP contribution in [0.1, 0.15) is 25.8 Å². The average Bonchev–Trinajstić information content (AvgIpc) is 2.34. The second-order valence-corrected chi connectivity index (χ2v) is 4.80. The highest BCUT2D eigenvalue weighted by atomic mass is 15.3. The molecule has 0 saturated carbocycles. The molecular weight excluding hydrogens is 196 g/mol. The fourth-order valence-corrected chi connectivity index (χ4v) is 2.61. The van der Waals surface area contributed by atoms with Crippen molar-refractivity contribution in [2.45, 2.75) is 25.8 Å². The molecule has 0 aliphatic carbocycles. The van der Waals surface area contributed by atoms with Crippen LogP contribution in [0.3, 0.4) is 0 Å². The number of hydrogen-bond donors (Lipinski definition) is 1. The molecule has 2 heteroatoms. The Morgan fingerprint density at radius 3 is 2.75 bits per heavy atom. The fraction of sp³-hybridized carbons (Fsp3) is 0.571. The minimum Gasteiger partial charge on any atom is -0.313 e. The predicted octanol–water partition coefficient (Wildman–Crippen LogP) is 2.22. The van der Waals surface area contributed by atoms with E-state index in [0.29, 0.717) is 0 Å². The Kier molecular flexibility index (Phi) is 3.62. The Labute approximate surface area is 98.7 Å². The molecule has 1 unspecified atom stereocenters. The van der Waals surface area contributed by atoms with Crippen LogP contribution in [0.25, 0.3) is 0 Å². The molecule has 1 aromatic carbocycles. The van der Waals surface area contributed by atoms with Crippen molar-refractivity contribution in [2.75, 3.05) is 26.2 Å². The van der Waals surface area contributed by atoms with E-state index in [-0.39, 0.29) is 5.54 Å². The third kappa shape index (κ3) is 2.13. The van der Waals surface area contributed by atoms with Gasteiger partial charge in [-0.05, 0) is 25.5 Å². The summed E-state index contributed by atoms with van der Waals surface area (Å²) in [6.45, 7) is 9.11. The van der Waals surface area contributed by atoms with Gasteiger partial charge in [0.05, 0.1) is 5.54 Å². The first kappa shape index (κ1) is 11.6. The lowest BCUT2D eigenvalue weighted by atomic mass is 9.88. The predicted molar refractivity (Wildman–Crippen MR) is 68.5 cm³/mol. The molecule has 16 heavy (non-hydrogen) atoms. The molecule has 0 bridgehead atoms. The quantitative estimate of drug-likeness (QED) is 0.837. The number of nitrogens with one attached hydrogen (secondary N) is 1. The first-order chi connectivity index (χ1) is 7.77. The summed E-state index contributed by atoms with van der Waals surface area (Å²) in [5.74, 6) is 0. The summed E-state index contributed by atoms with van der Waals surface area (Å²) in [6.07, 6.45) is 1.22. The van der Waals surface area contributed by atoms with Crippen molar-refractivity contribution in [3.8, 4) is 0 Å². The summed E-state index contributed by atoms with van der Waals surface area (Å²) in [5.41, 5.74) is 1.59. The van der Waals surface area contributed by atoms with E-state index in [4.69, 9.17) is 0 Å². The highest BCUT2D eigenvalue weighted by molar-refractivity contribution is 5.25. The van der Waals surface area contributed by atoms with Gasteiger partial charge in [-0.15, -0.1) is 0 Å². The summed E-state index contributed by atoms with van der Waals surface area (Å²) in [7, 11) is 0. The Balaban J connectivity index is 2.26. The average molecular weight is 218 g/mol. The standard InChI is InChI=1S/C14H22N2/c1-3-10-16-11-9-15-12-14(16,2)13-7-5-4-6-8-13/h4-8,15H,3,9-12H2,1-2H3. The number of nitrogens with zero attached hydrogens (tertiary/aromatic N) is 1. The van der Waals surface area contributed by atoms with Gasteiger partial charge in [0.1, 0.15) is 0 Å². The van der Waals surface area contributed by atoms with Gasteiger partial charge >= 0.3 is 0 Å². The van der Waals surface area contributed by atoms with Crippen molar-refractivity contribution >= 4 is 0 Å². The van der Waals surface area contributed by atoms with Gasteiger partial charge in [-0.3, -0.25) is 4.90 Å². The van der Waals surface area contributed by atoms with Crippen LogP contribution >= 0.6 is 0 Å². The molecule has 2 rings (SSSR count). The van der Waals surface area contributed by atoms with E-state index < -0.39 is 0 Å². The van der Waals surface area contributed by atoms with Crippen molar-refractivity contribution in [1.29, 1.82) is 0 Å². The van der Waals surface area contributed by atoms with E-state index in [1.54, 1.807) is 0 Å². The molecule has 2 nitrogen and oxygen atoms in total. The molecule has 88 valence electrons. The first-order valence-electron chi connectivity index (χ1n) is 6.28. The molecule has 1 aromatic rings. The Hall–Kier alpha value is -0.860. The van der Waals surface area contributed by atoms with Crippen molar-refractivity contribution in [2.24, 2.45) is 0 Å². The zero-order valence-corrected chi connectivity index (χ0v) is 10.4. The van der Waals surface area contributed by atoms with Crippen LogP contribution in [-0.2, 0) is 5.54 Å². The van der Waals surface area contributed by atoms with E-state index in [2.05, 4.69) is 54.4 Å². The van der Waals surface area contributed by atoms with E-state index in [0.717, 1.165) is 19.6 Å². The molecule has 0 radical (unpaired) electrons. The second kappa shape index (κ2) is 4.98. The molecule has 1 heterocycles. The van der Waals surface area contributed by atoms with Gasteiger partial charge in [0.2, 0.25) is 0 Å². The molecule has 0 spiro atoms. The highest BCUT2D eigenvalue weighted by Gasteiger charge is 2.34. The first-order valence-corrected chi connectivity index (χ1v) is 6.28. The van der Waals surface area contributed by atoms with E-state index >= 15 is 0 Å². The van der Waals surface area contributed by atoms with E-state index in [1.165, 1.54) is 18.5 Å². The van der Waals surface area contributed by atoms with Crippen molar-refractivity contribution in [3.05, 3.63) is 35.9 Å². The number of rotatable bonds is 3. The van der Waals surface area contributed by atoms with Gasteiger partial charge in [0, 0.05) is 19.6 Å². The minimum atomic E-state index is 0.162. The smallest absolute Gasteiger partial charge is 0.0557 e. The number of hydrogen-bond acceptors (Lipinski definition) is 2. The summed E-state index contributed by atoms with van der Waals surface area (Å²) in [5, 5.41) is 3.52. The summed E-state index contributed by atoms with van der Waals surface area (Å²) < 4.78 is 0. The molecule has 0 aromatic heterocycles. The topological polar surface area (TPSA) is 15.3 Å². The largest absolute Gasteiger partial charge is 0.313 e. The summed E-state index contributed by atoms with van der Waals surface area (Å²) in [4.78, 5) is 2.61.